The molecule has 0 atom stereocenters. The van der Waals surface area contributed by atoms with E-state index in [9.17, 15) is 18.0 Å². The number of hydrogen-bond acceptors (Lipinski definition) is 2. The highest BCUT2D eigenvalue weighted by Gasteiger charge is 2.30. The smallest absolute Gasteiger partial charge is 0.416 e. The van der Waals surface area contributed by atoms with Crippen LogP contribution in [0.4, 0.5) is 13.2 Å². The van der Waals surface area contributed by atoms with Gasteiger partial charge in [0.2, 0.25) is 0 Å². The number of halogens is 3. The lowest BCUT2D eigenvalue weighted by atomic mass is 10.1. The number of methoxy groups -OCH3 is 1. The highest BCUT2D eigenvalue weighted by molar-refractivity contribution is 5.60. The summed E-state index contributed by atoms with van der Waals surface area (Å²) in [6.07, 6.45) is -4.41. The Morgan fingerprint density at radius 1 is 1.00 bits per heavy atom. The van der Waals surface area contributed by atoms with Gasteiger partial charge in [0, 0.05) is 6.07 Å². The SMILES string of the molecule is COc1ccc(-c2cc(=O)n(-c3ccc(C(F)(F)F)cc3)[nH]2)cc1. The van der Waals surface area contributed by atoms with Crippen LogP contribution in [0.3, 0.4) is 0 Å². The van der Waals surface area contributed by atoms with Crippen LogP contribution in [0, 0.1) is 0 Å². The fourth-order valence-corrected chi connectivity index (χ4v) is 2.31. The van der Waals surface area contributed by atoms with Gasteiger partial charge in [0.25, 0.3) is 5.56 Å². The van der Waals surface area contributed by atoms with Crippen molar-refractivity contribution < 1.29 is 17.9 Å². The van der Waals surface area contributed by atoms with E-state index < -0.39 is 11.7 Å². The minimum atomic E-state index is -4.41. The van der Waals surface area contributed by atoms with Gasteiger partial charge < -0.3 is 4.74 Å². The summed E-state index contributed by atoms with van der Waals surface area (Å²) >= 11 is 0. The van der Waals surface area contributed by atoms with Crippen LogP contribution < -0.4 is 10.3 Å². The Kier molecular flexibility index (Phi) is 3.92. The Bertz CT molecular complexity index is 891. The van der Waals surface area contributed by atoms with E-state index in [1.165, 1.54) is 22.9 Å². The van der Waals surface area contributed by atoms with Crippen molar-refractivity contribution in [1.29, 1.82) is 0 Å². The average molecular weight is 334 g/mol. The van der Waals surface area contributed by atoms with Crippen LogP contribution in [0.5, 0.6) is 5.75 Å². The molecule has 3 rings (SSSR count). The maximum absolute atomic E-state index is 12.6. The molecule has 7 heteroatoms. The van der Waals surface area contributed by atoms with Gasteiger partial charge >= 0.3 is 6.18 Å². The predicted molar refractivity (Wildman–Crippen MR) is 83.4 cm³/mol. The van der Waals surface area contributed by atoms with Gasteiger partial charge in [-0.2, -0.15) is 13.2 Å². The van der Waals surface area contributed by atoms with Crippen molar-refractivity contribution in [3.05, 3.63) is 70.5 Å². The van der Waals surface area contributed by atoms with Gasteiger partial charge in [0.1, 0.15) is 5.75 Å². The van der Waals surface area contributed by atoms with Crippen LogP contribution in [0.15, 0.2) is 59.4 Å². The molecule has 0 unspecified atom stereocenters. The highest BCUT2D eigenvalue weighted by Crippen LogP contribution is 2.29. The third kappa shape index (κ3) is 3.05. The van der Waals surface area contributed by atoms with E-state index in [1.807, 2.05) is 0 Å². The van der Waals surface area contributed by atoms with Gasteiger partial charge in [0.05, 0.1) is 24.1 Å². The Labute approximate surface area is 135 Å². The Hall–Kier alpha value is -2.96. The minimum absolute atomic E-state index is 0.327. The second-order valence-electron chi connectivity index (χ2n) is 5.12. The molecule has 1 heterocycles. The summed E-state index contributed by atoms with van der Waals surface area (Å²) in [5, 5.41) is 2.89. The zero-order chi connectivity index (χ0) is 17.3. The van der Waals surface area contributed by atoms with E-state index in [0.29, 0.717) is 17.1 Å². The molecule has 124 valence electrons. The van der Waals surface area contributed by atoms with Gasteiger partial charge in [-0.3, -0.25) is 9.89 Å². The van der Waals surface area contributed by atoms with Crippen molar-refractivity contribution >= 4 is 0 Å². The number of nitrogens with one attached hydrogen (secondary N) is 1. The molecule has 0 aliphatic heterocycles. The number of hydrogen-bond donors (Lipinski definition) is 1. The predicted octanol–water partition coefficient (Wildman–Crippen LogP) is 3.86. The van der Waals surface area contributed by atoms with Gasteiger partial charge in [-0.15, -0.1) is 0 Å². The molecular weight excluding hydrogens is 321 g/mol. The maximum Gasteiger partial charge on any atom is 0.416 e. The Morgan fingerprint density at radius 3 is 2.17 bits per heavy atom. The third-order valence-electron chi connectivity index (χ3n) is 3.57. The lowest BCUT2D eigenvalue weighted by Gasteiger charge is -2.08. The second-order valence-corrected chi connectivity index (χ2v) is 5.12. The number of nitrogens with zero attached hydrogens (tertiary/aromatic N) is 1. The summed E-state index contributed by atoms with van der Waals surface area (Å²) in [6.45, 7) is 0. The van der Waals surface area contributed by atoms with Crippen LogP contribution in [-0.2, 0) is 6.18 Å². The number of H-pyrrole nitrogens is 1. The molecule has 4 nitrogen and oxygen atoms in total. The largest absolute Gasteiger partial charge is 0.497 e. The molecule has 1 N–H and O–H groups in total. The summed E-state index contributed by atoms with van der Waals surface area (Å²) in [7, 11) is 1.55. The van der Waals surface area contributed by atoms with E-state index in [0.717, 1.165) is 17.7 Å². The molecule has 0 bridgehead atoms. The number of aromatic amines is 1. The molecule has 0 saturated heterocycles. The molecule has 1 aromatic heterocycles. The second kappa shape index (κ2) is 5.92. The molecular formula is C17H13F3N2O2. The first-order valence-corrected chi connectivity index (χ1v) is 7.02. The van der Waals surface area contributed by atoms with Crippen molar-refractivity contribution in [2.24, 2.45) is 0 Å². The van der Waals surface area contributed by atoms with Gasteiger partial charge in [0.15, 0.2) is 0 Å². The average Bonchev–Trinajstić information content (AvgIpc) is 2.96. The summed E-state index contributed by atoms with van der Waals surface area (Å²) in [5.74, 6) is 0.684. The van der Waals surface area contributed by atoms with Crippen molar-refractivity contribution in [2.45, 2.75) is 6.18 Å². The summed E-state index contributed by atoms with van der Waals surface area (Å²) in [5.41, 5.74) is 0.524. The Morgan fingerprint density at radius 2 is 1.62 bits per heavy atom. The van der Waals surface area contributed by atoms with Crippen LogP contribution in [0.25, 0.3) is 16.9 Å². The third-order valence-corrected chi connectivity index (χ3v) is 3.57. The lowest BCUT2D eigenvalue weighted by molar-refractivity contribution is -0.137. The van der Waals surface area contributed by atoms with Crippen LogP contribution in [-0.4, -0.2) is 16.9 Å². The number of aromatic nitrogens is 2. The van der Waals surface area contributed by atoms with Crippen LogP contribution >= 0.6 is 0 Å². The first-order chi connectivity index (χ1) is 11.4. The lowest BCUT2D eigenvalue weighted by Crippen LogP contribution is -2.14. The molecule has 0 spiro atoms. The van der Waals surface area contributed by atoms with E-state index in [-0.39, 0.29) is 5.56 Å². The van der Waals surface area contributed by atoms with Gasteiger partial charge in [-0.05, 0) is 54.1 Å². The number of alkyl halides is 3. The van der Waals surface area contributed by atoms with Crippen molar-refractivity contribution in [2.75, 3.05) is 7.11 Å². The van der Waals surface area contributed by atoms with E-state index in [4.69, 9.17) is 4.74 Å². The normalized spacial score (nSPS) is 11.5. The van der Waals surface area contributed by atoms with E-state index >= 15 is 0 Å². The minimum Gasteiger partial charge on any atom is -0.497 e. The number of ether oxygens (including phenoxy) is 1. The van der Waals surface area contributed by atoms with Crippen molar-refractivity contribution in [3.63, 3.8) is 0 Å². The summed E-state index contributed by atoms with van der Waals surface area (Å²) in [4.78, 5) is 12.1. The van der Waals surface area contributed by atoms with E-state index in [2.05, 4.69) is 5.10 Å². The zero-order valence-corrected chi connectivity index (χ0v) is 12.6. The molecule has 0 fully saturated rings. The standard InChI is InChI=1S/C17H13F3N2O2/c1-24-14-8-2-11(3-9-14)15-10-16(23)22(21-15)13-6-4-12(5-7-13)17(18,19)20/h2-10,21H,1H3. The maximum atomic E-state index is 12.6. The molecule has 0 aliphatic rings. The van der Waals surface area contributed by atoms with E-state index in [1.54, 1.807) is 31.4 Å². The fraction of sp³-hybridized carbons (Fsp3) is 0.118. The molecule has 0 saturated carbocycles. The topological polar surface area (TPSA) is 47.0 Å². The van der Waals surface area contributed by atoms with Gasteiger partial charge in [-0.1, -0.05) is 0 Å². The molecule has 0 radical (unpaired) electrons. The first-order valence-electron chi connectivity index (χ1n) is 7.02. The van der Waals surface area contributed by atoms with Crippen molar-refractivity contribution in [3.8, 4) is 22.7 Å². The monoisotopic (exact) mass is 334 g/mol. The quantitative estimate of drug-likeness (QED) is 0.791. The fourth-order valence-electron chi connectivity index (χ4n) is 2.31. The summed E-state index contributed by atoms with van der Waals surface area (Å²) in [6, 6.07) is 12.8. The summed E-state index contributed by atoms with van der Waals surface area (Å²) < 4.78 is 44.1. The molecule has 3 aromatic rings. The zero-order valence-electron chi connectivity index (χ0n) is 12.6. The molecule has 0 aliphatic carbocycles. The van der Waals surface area contributed by atoms with Crippen LogP contribution in [0.2, 0.25) is 0 Å². The molecule has 24 heavy (non-hydrogen) atoms. The first kappa shape index (κ1) is 15.9. The van der Waals surface area contributed by atoms with Gasteiger partial charge in [-0.25, -0.2) is 4.68 Å². The Balaban J connectivity index is 1.95. The molecule has 0 amide bonds. The number of rotatable bonds is 3. The highest BCUT2D eigenvalue weighted by atomic mass is 19.4. The molecule has 2 aromatic carbocycles. The number of benzene rings is 2. The van der Waals surface area contributed by atoms with Crippen LogP contribution in [0.1, 0.15) is 5.56 Å². The van der Waals surface area contributed by atoms with Crippen molar-refractivity contribution in [1.82, 2.24) is 9.78 Å².